The number of phenolic OH excluding ortho intramolecular Hbond substituents is 1. The van der Waals surface area contributed by atoms with Crippen LogP contribution >= 0.6 is 0 Å². The molecular weight excluding hydrogens is 327 g/mol. The molecule has 0 spiro atoms. The van der Waals surface area contributed by atoms with Gasteiger partial charge < -0.3 is 15.2 Å². The number of urea groups is 1. The molecule has 2 aromatic rings. The van der Waals surface area contributed by atoms with E-state index >= 15 is 0 Å². The first-order valence-corrected chi connectivity index (χ1v) is 7.44. The average Bonchev–Trinajstić information content (AvgIpc) is 2.84. The summed E-state index contributed by atoms with van der Waals surface area (Å²) < 4.78 is 18.7. The van der Waals surface area contributed by atoms with Gasteiger partial charge in [0.15, 0.2) is 11.5 Å². The van der Waals surface area contributed by atoms with E-state index in [0.29, 0.717) is 11.3 Å². The second-order valence-electron chi connectivity index (χ2n) is 5.40. The molecule has 0 saturated carbocycles. The Kier molecular flexibility index (Phi) is 4.38. The number of phenols is 1. The van der Waals surface area contributed by atoms with Crippen molar-refractivity contribution in [1.29, 1.82) is 0 Å². The van der Waals surface area contributed by atoms with Crippen LogP contribution in [0.25, 0.3) is 6.08 Å². The molecule has 1 aliphatic rings. The summed E-state index contributed by atoms with van der Waals surface area (Å²) in [6.45, 7) is -0.164. The zero-order valence-electron chi connectivity index (χ0n) is 13.3. The average molecular weight is 342 g/mol. The second-order valence-corrected chi connectivity index (χ2v) is 5.40. The lowest BCUT2D eigenvalue weighted by Crippen LogP contribution is -2.30. The first-order chi connectivity index (χ1) is 12.0. The van der Waals surface area contributed by atoms with E-state index in [1.807, 2.05) is 0 Å². The lowest BCUT2D eigenvalue weighted by Gasteiger charge is -2.12. The van der Waals surface area contributed by atoms with Crippen molar-refractivity contribution >= 4 is 18.0 Å². The van der Waals surface area contributed by atoms with E-state index in [2.05, 4.69) is 5.32 Å². The van der Waals surface area contributed by atoms with Crippen molar-refractivity contribution in [3.63, 3.8) is 0 Å². The van der Waals surface area contributed by atoms with Crippen molar-refractivity contribution in [1.82, 2.24) is 10.2 Å². The summed E-state index contributed by atoms with van der Waals surface area (Å²) in [6.07, 6.45) is 1.43. The van der Waals surface area contributed by atoms with E-state index in [-0.39, 0.29) is 23.6 Å². The Morgan fingerprint density at radius 3 is 2.68 bits per heavy atom. The summed E-state index contributed by atoms with van der Waals surface area (Å²) in [5.74, 6) is -0.842. The second kappa shape index (κ2) is 6.64. The lowest BCUT2D eigenvalue weighted by atomic mass is 10.1. The molecule has 0 atom stereocenters. The van der Waals surface area contributed by atoms with Crippen molar-refractivity contribution in [3.8, 4) is 11.5 Å². The summed E-state index contributed by atoms with van der Waals surface area (Å²) in [4.78, 5) is 25.4. The Morgan fingerprint density at radius 1 is 1.24 bits per heavy atom. The highest BCUT2D eigenvalue weighted by atomic mass is 19.1. The molecular formula is C18H15FN2O4. The van der Waals surface area contributed by atoms with Gasteiger partial charge in [0.05, 0.1) is 13.7 Å². The fraction of sp³-hybridized carbons (Fsp3) is 0.111. The summed E-state index contributed by atoms with van der Waals surface area (Å²) in [7, 11) is 1.43. The van der Waals surface area contributed by atoms with Crippen LogP contribution in [0, 0.1) is 5.82 Å². The predicted octanol–water partition coefficient (Wildman–Crippen LogP) is 2.63. The highest BCUT2D eigenvalue weighted by Gasteiger charge is 2.33. The highest BCUT2D eigenvalue weighted by Crippen LogP contribution is 2.27. The van der Waals surface area contributed by atoms with Gasteiger partial charge in [-0.05, 0) is 29.8 Å². The van der Waals surface area contributed by atoms with Crippen molar-refractivity contribution in [2.45, 2.75) is 6.54 Å². The molecule has 0 bridgehead atoms. The molecule has 3 amide bonds. The third-order valence-electron chi connectivity index (χ3n) is 3.76. The summed E-state index contributed by atoms with van der Waals surface area (Å²) in [5, 5.41) is 12.2. The van der Waals surface area contributed by atoms with E-state index < -0.39 is 17.8 Å². The number of imide groups is 1. The van der Waals surface area contributed by atoms with E-state index in [9.17, 15) is 19.1 Å². The quantitative estimate of drug-likeness (QED) is 0.661. The van der Waals surface area contributed by atoms with Crippen LogP contribution in [0.5, 0.6) is 11.5 Å². The molecule has 1 fully saturated rings. The van der Waals surface area contributed by atoms with Crippen LogP contribution in [-0.4, -0.2) is 29.1 Å². The molecule has 6 nitrogen and oxygen atoms in total. The molecule has 1 aliphatic heterocycles. The predicted molar refractivity (Wildman–Crippen MR) is 88.1 cm³/mol. The van der Waals surface area contributed by atoms with Crippen LogP contribution in [0.2, 0.25) is 0 Å². The maximum absolute atomic E-state index is 13.7. The van der Waals surface area contributed by atoms with Crippen LogP contribution in [-0.2, 0) is 11.3 Å². The number of ether oxygens (including phenoxy) is 1. The van der Waals surface area contributed by atoms with Gasteiger partial charge in [-0.25, -0.2) is 9.18 Å². The Bertz CT molecular complexity index is 879. The molecule has 25 heavy (non-hydrogen) atoms. The lowest BCUT2D eigenvalue weighted by molar-refractivity contribution is -0.123. The summed E-state index contributed by atoms with van der Waals surface area (Å²) in [6, 6.07) is 9.90. The molecule has 0 aliphatic carbocycles. The van der Waals surface area contributed by atoms with Crippen molar-refractivity contribution in [2.24, 2.45) is 0 Å². The van der Waals surface area contributed by atoms with Crippen LogP contribution in [0.15, 0.2) is 48.2 Å². The van der Waals surface area contributed by atoms with E-state index in [1.165, 1.54) is 37.5 Å². The fourth-order valence-electron chi connectivity index (χ4n) is 2.48. The number of hydrogen-bond donors (Lipinski definition) is 2. The minimum Gasteiger partial charge on any atom is -0.504 e. The molecule has 0 radical (unpaired) electrons. The van der Waals surface area contributed by atoms with Gasteiger partial charge in [-0.3, -0.25) is 9.69 Å². The Morgan fingerprint density at radius 2 is 2.00 bits per heavy atom. The largest absolute Gasteiger partial charge is 0.504 e. The van der Waals surface area contributed by atoms with Gasteiger partial charge in [0.25, 0.3) is 5.91 Å². The number of nitrogens with one attached hydrogen (secondary N) is 1. The third-order valence-corrected chi connectivity index (χ3v) is 3.76. The highest BCUT2D eigenvalue weighted by molar-refractivity contribution is 6.13. The van der Waals surface area contributed by atoms with Crippen LogP contribution in [0.3, 0.4) is 0 Å². The monoisotopic (exact) mass is 342 g/mol. The van der Waals surface area contributed by atoms with Crippen LogP contribution in [0.1, 0.15) is 11.1 Å². The number of carbonyl (C=O) groups is 2. The van der Waals surface area contributed by atoms with Crippen molar-refractivity contribution < 1.29 is 23.8 Å². The van der Waals surface area contributed by atoms with Gasteiger partial charge >= 0.3 is 6.03 Å². The molecule has 1 saturated heterocycles. The number of benzene rings is 2. The molecule has 3 rings (SSSR count). The van der Waals surface area contributed by atoms with Crippen LogP contribution < -0.4 is 10.1 Å². The number of aromatic hydroxyl groups is 1. The number of methoxy groups -OCH3 is 1. The molecule has 0 unspecified atom stereocenters. The summed E-state index contributed by atoms with van der Waals surface area (Å²) >= 11 is 0. The van der Waals surface area contributed by atoms with Crippen LogP contribution in [0.4, 0.5) is 9.18 Å². The standard InChI is InChI=1S/C18H15FN2O4/c1-25-16-7-6-11(9-15(16)22)8-14-17(23)21(18(24)20-14)10-12-4-2-3-5-13(12)19/h2-9,22H,10H2,1H3,(H,20,24). The van der Waals surface area contributed by atoms with Gasteiger partial charge in [-0.2, -0.15) is 0 Å². The van der Waals surface area contributed by atoms with Gasteiger partial charge in [-0.1, -0.05) is 24.3 Å². The Hall–Kier alpha value is -3.35. The first-order valence-electron chi connectivity index (χ1n) is 7.44. The number of halogens is 1. The topological polar surface area (TPSA) is 78.9 Å². The van der Waals surface area contributed by atoms with Gasteiger partial charge in [0.1, 0.15) is 11.5 Å². The van der Waals surface area contributed by atoms with E-state index in [0.717, 1.165) is 4.90 Å². The van der Waals surface area contributed by atoms with E-state index in [4.69, 9.17) is 4.74 Å². The van der Waals surface area contributed by atoms with E-state index in [1.54, 1.807) is 18.2 Å². The minimum atomic E-state index is -0.628. The number of rotatable bonds is 4. The number of carbonyl (C=O) groups excluding carboxylic acids is 2. The molecule has 128 valence electrons. The zero-order chi connectivity index (χ0) is 18.0. The van der Waals surface area contributed by atoms with Crippen molar-refractivity contribution in [3.05, 3.63) is 65.1 Å². The number of nitrogens with zero attached hydrogens (tertiary/aromatic N) is 1. The third kappa shape index (κ3) is 3.30. The molecule has 2 N–H and O–H groups in total. The maximum Gasteiger partial charge on any atom is 0.329 e. The van der Waals surface area contributed by atoms with Crippen molar-refractivity contribution in [2.75, 3.05) is 7.11 Å². The Balaban J connectivity index is 1.83. The molecule has 2 aromatic carbocycles. The fourth-order valence-corrected chi connectivity index (χ4v) is 2.48. The molecule has 7 heteroatoms. The number of amides is 3. The first kappa shape index (κ1) is 16.5. The smallest absolute Gasteiger partial charge is 0.329 e. The van der Waals surface area contributed by atoms with Gasteiger partial charge in [0, 0.05) is 5.56 Å². The summed E-state index contributed by atoms with van der Waals surface area (Å²) in [5.41, 5.74) is 0.801. The minimum absolute atomic E-state index is 0.0471. The molecule has 0 aromatic heterocycles. The normalized spacial score (nSPS) is 15.6. The SMILES string of the molecule is COc1ccc(C=C2NC(=O)N(Cc3ccccc3F)C2=O)cc1O. The Labute approximate surface area is 143 Å². The maximum atomic E-state index is 13.7. The number of hydrogen-bond acceptors (Lipinski definition) is 4. The van der Waals surface area contributed by atoms with Gasteiger partial charge in [-0.15, -0.1) is 0 Å². The van der Waals surface area contributed by atoms with Gasteiger partial charge in [0.2, 0.25) is 0 Å². The zero-order valence-corrected chi connectivity index (χ0v) is 13.3. The molecule has 1 heterocycles.